The number of allylic oxidation sites excluding steroid dienone is 2. The Labute approximate surface area is 121 Å². The molecule has 1 saturated heterocycles. The Balaban J connectivity index is 2.08. The average Bonchev–Trinajstić information content (AvgIpc) is 2.37. The van der Waals surface area contributed by atoms with E-state index in [0.717, 1.165) is 31.5 Å². The number of carbonyl (C=O) groups is 2. The fourth-order valence-electron chi connectivity index (χ4n) is 4.34. The highest BCUT2D eigenvalue weighted by Gasteiger charge is 2.47. The van der Waals surface area contributed by atoms with E-state index in [4.69, 9.17) is 0 Å². The lowest BCUT2D eigenvalue weighted by Crippen LogP contribution is -2.53. The van der Waals surface area contributed by atoms with Crippen molar-refractivity contribution in [1.29, 1.82) is 0 Å². The van der Waals surface area contributed by atoms with E-state index in [-0.39, 0.29) is 22.9 Å². The van der Waals surface area contributed by atoms with Gasteiger partial charge in [0.2, 0.25) is 0 Å². The van der Waals surface area contributed by atoms with Crippen molar-refractivity contribution in [3.63, 3.8) is 0 Å². The molecular formula is C17H25NO2. The van der Waals surface area contributed by atoms with E-state index in [9.17, 15) is 9.59 Å². The van der Waals surface area contributed by atoms with Crippen LogP contribution in [0.25, 0.3) is 0 Å². The van der Waals surface area contributed by atoms with E-state index < -0.39 is 0 Å². The minimum absolute atomic E-state index is 0.00273. The van der Waals surface area contributed by atoms with Crippen LogP contribution >= 0.6 is 0 Å². The Morgan fingerprint density at radius 1 is 1.20 bits per heavy atom. The standard InChI is InChI=1S/C17H25NO2/c1-4-11-12-7-5-6-8-18(12)13-9-17(2,3)10-14(19)15(13)16(11)20/h11-12H,4-10H2,1-3H3/t11-,12+/m1/s1. The molecule has 0 radical (unpaired) electrons. The molecule has 2 heterocycles. The number of piperidine rings is 1. The van der Waals surface area contributed by atoms with Gasteiger partial charge in [0.05, 0.1) is 5.57 Å². The van der Waals surface area contributed by atoms with Gasteiger partial charge in [0.25, 0.3) is 0 Å². The minimum atomic E-state index is -0.00273. The second-order valence-electron chi connectivity index (χ2n) is 7.40. The smallest absolute Gasteiger partial charge is 0.173 e. The first-order valence-corrected chi connectivity index (χ1v) is 8.02. The molecule has 3 heteroatoms. The minimum Gasteiger partial charge on any atom is -0.370 e. The Hall–Kier alpha value is -1.12. The molecule has 0 bridgehead atoms. The number of Topliss-reactive ketones (excluding diaryl/α,β-unsaturated/α-hetero) is 2. The van der Waals surface area contributed by atoms with Crippen molar-refractivity contribution in [3.05, 3.63) is 11.3 Å². The van der Waals surface area contributed by atoms with Crippen molar-refractivity contribution in [1.82, 2.24) is 4.90 Å². The summed E-state index contributed by atoms with van der Waals surface area (Å²) in [5.74, 6) is 0.272. The highest BCUT2D eigenvalue weighted by Crippen LogP contribution is 2.45. The molecule has 2 atom stereocenters. The van der Waals surface area contributed by atoms with Gasteiger partial charge in [-0.2, -0.15) is 0 Å². The van der Waals surface area contributed by atoms with Crippen molar-refractivity contribution < 1.29 is 9.59 Å². The van der Waals surface area contributed by atoms with Gasteiger partial charge < -0.3 is 4.90 Å². The molecule has 0 saturated carbocycles. The third-order valence-corrected chi connectivity index (χ3v) is 5.24. The Morgan fingerprint density at radius 2 is 1.95 bits per heavy atom. The van der Waals surface area contributed by atoms with Crippen LogP contribution in [0.1, 0.15) is 59.3 Å². The van der Waals surface area contributed by atoms with Crippen molar-refractivity contribution in [2.24, 2.45) is 11.3 Å². The van der Waals surface area contributed by atoms with Crippen LogP contribution in [-0.4, -0.2) is 29.1 Å². The molecular weight excluding hydrogens is 250 g/mol. The first-order chi connectivity index (χ1) is 9.44. The summed E-state index contributed by atoms with van der Waals surface area (Å²) in [5, 5.41) is 0. The second kappa shape index (κ2) is 4.71. The second-order valence-corrected chi connectivity index (χ2v) is 7.40. The molecule has 0 N–H and O–H groups in total. The van der Waals surface area contributed by atoms with Crippen LogP contribution in [0.15, 0.2) is 11.3 Å². The van der Waals surface area contributed by atoms with Crippen LogP contribution in [0.5, 0.6) is 0 Å². The molecule has 3 rings (SSSR count). The van der Waals surface area contributed by atoms with Gasteiger partial charge in [0.1, 0.15) is 0 Å². The van der Waals surface area contributed by atoms with Gasteiger partial charge in [0, 0.05) is 30.6 Å². The van der Waals surface area contributed by atoms with E-state index in [1.807, 2.05) is 0 Å². The van der Waals surface area contributed by atoms with Crippen molar-refractivity contribution in [2.45, 2.75) is 65.3 Å². The fourth-order valence-corrected chi connectivity index (χ4v) is 4.34. The molecule has 0 aromatic heterocycles. The summed E-state index contributed by atoms with van der Waals surface area (Å²) in [6.45, 7) is 7.39. The van der Waals surface area contributed by atoms with Crippen LogP contribution in [0, 0.1) is 11.3 Å². The highest BCUT2D eigenvalue weighted by molar-refractivity contribution is 6.22. The van der Waals surface area contributed by atoms with Crippen LogP contribution < -0.4 is 0 Å². The topological polar surface area (TPSA) is 37.4 Å². The molecule has 1 fully saturated rings. The molecule has 20 heavy (non-hydrogen) atoms. The summed E-state index contributed by atoms with van der Waals surface area (Å²) in [4.78, 5) is 27.7. The van der Waals surface area contributed by atoms with E-state index in [1.54, 1.807) is 0 Å². The summed E-state index contributed by atoms with van der Waals surface area (Å²) in [7, 11) is 0. The van der Waals surface area contributed by atoms with Crippen molar-refractivity contribution in [2.75, 3.05) is 6.54 Å². The third kappa shape index (κ3) is 2.02. The number of ketones is 2. The van der Waals surface area contributed by atoms with Crippen molar-refractivity contribution >= 4 is 11.6 Å². The quantitative estimate of drug-likeness (QED) is 0.690. The number of rotatable bonds is 1. The maximum absolute atomic E-state index is 12.8. The summed E-state index contributed by atoms with van der Waals surface area (Å²) >= 11 is 0. The zero-order chi connectivity index (χ0) is 14.5. The summed E-state index contributed by atoms with van der Waals surface area (Å²) in [6.07, 6.45) is 5.76. The number of carbonyl (C=O) groups excluding carboxylic acids is 2. The average molecular weight is 275 g/mol. The van der Waals surface area contributed by atoms with Crippen LogP contribution in [0.4, 0.5) is 0 Å². The number of hydrogen-bond acceptors (Lipinski definition) is 3. The molecule has 0 unspecified atom stereocenters. The molecule has 0 aromatic carbocycles. The molecule has 110 valence electrons. The van der Waals surface area contributed by atoms with Gasteiger partial charge in [-0.05, 0) is 37.5 Å². The lowest BCUT2D eigenvalue weighted by atomic mass is 9.68. The van der Waals surface area contributed by atoms with Gasteiger partial charge in [0.15, 0.2) is 11.6 Å². The molecule has 0 amide bonds. The zero-order valence-electron chi connectivity index (χ0n) is 12.9. The van der Waals surface area contributed by atoms with Crippen LogP contribution in [0.3, 0.4) is 0 Å². The van der Waals surface area contributed by atoms with Gasteiger partial charge in [-0.15, -0.1) is 0 Å². The normalized spacial score (nSPS) is 33.0. The van der Waals surface area contributed by atoms with Crippen molar-refractivity contribution in [3.8, 4) is 0 Å². The van der Waals surface area contributed by atoms with Gasteiger partial charge in [-0.25, -0.2) is 0 Å². The summed E-state index contributed by atoms with van der Waals surface area (Å²) in [6, 6.07) is 0.349. The predicted octanol–water partition coefficient (Wildman–Crippen LogP) is 3.09. The molecule has 0 aromatic rings. The lowest BCUT2D eigenvalue weighted by Gasteiger charge is -2.49. The Bertz CT molecular complexity index is 489. The highest BCUT2D eigenvalue weighted by atomic mass is 16.2. The number of hydrogen-bond donors (Lipinski definition) is 0. The molecule has 3 nitrogen and oxygen atoms in total. The van der Waals surface area contributed by atoms with Crippen LogP contribution in [0.2, 0.25) is 0 Å². The molecule has 2 aliphatic heterocycles. The van der Waals surface area contributed by atoms with E-state index in [1.165, 1.54) is 12.8 Å². The Kier molecular flexibility index (Phi) is 3.26. The zero-order valence-corrected chi connectivity index (χ0v) is 12.9. The predicted molar refractivity (Wildman–Crippen MR) is 78.2 cm³/mol. The Morgan fingerprint density at radius 3 is 2.65 bits per heavy atom. The fraction of sp³-hybridized carbons (Fsp3) is 0.765. The van der Waals surface area contributed by atoms with Gasteiger partial charge in [-0.3, -0.25) is 9.59 Å². The molecule has 1 aliphatic carbocycles. The maximum atomic E-state index is 12.8. The SMILES string of the molecule is CC[C@H]1C(=O)C2=C(CC(C)(C)CC2=O)N2CCCC[C@@H]12. The number of nitrogens with zero attached hydrogens (tertiary/aromatic N) is 1. The lowest BCUT2D eigenvalue weighted by molar-refractivity contribution is -0.129. The first kappa shape index (κ1) is 13.8. The molecule has 3 aliphatic rings. The maximum Gasteiger partial charge on any atom is 0.173 e. The molecule has 0 spiro atoms. The summed E-state index contributed by atoms with van der Waals surface area (Å²) < 4.78 is 0. The van der Waals surface area contributed by atoms with Gasteiger partial charge in [-0.1, -0.05) is 20.8 Å². The van der Waals surface area contributed by atoms with Crippen LogP contribution in [-0.2, 0) is 9.59 Å². The van der Waals surface area contributed by atoms with Gasteiger partial charge >= 0.3 is 0 Å². The first-order valence-electron chi connectivity index (χ1n) is 8.02. The van der Waals surface area contributed by atoms with E-state index in [2.05, 4.69) is 25.7 Å². The summed E-state index contributed by atoms with van der Waals surface area (Å²) in [5.41, 5.74) is 1.64. The largest absolute Gasteiger partial charge is 0.370 e. The van der Waals surface area contributed by atoms with E-state index in [0.29, 0.717) is 18.0 Å². The van der Waals surface area contributed by atoms with E-state index >= 15 is 0 Å². The monoisotopic (exact) mass is 275 g/mol. The number of fused-ring (bicyclic) bond motifs is 2. The third-order valence-electron chi connectivity index (χ3n) is 5.24.